The number of piperidine rings is 1. The normalized spacial score (nSPS) is 15.9. The van der Waals surface area contributed by atoms with Crippen molar-refractivity contribution in [1.82, 2.24) is 14.9 Å². The van der Waals surface area contributed by atoms with Gasteiger partial charge in [0.25, 0.3) is 0 Å². The second kappa shape index (κ2) is 10.4. The monoisotopic (exact) mass is 407 g/mol. The third-order valence-corrected chi connectivity index (χ3v) is 5.66. The lowest BCUT2D eigenvalue weighted by Crippen LogP contribution is -2.47. The van der Waals surface area contributed by atoms with Crippen molar-refractivity contribution in [3.05, 3.63) is 41.3 Å². The van der Waals surface area contributed by atoms with Crippen molar-refractivity contribution in [2.45, 2.75) is 39.2 Å². The van der Waals surface area contributed by atoms with Crippen molar-refractivity contribution in [3.8, 4) is 0 Å². The van der Waals surface area contributed by atoms with Crippen molar-refractivity contribution in [2.75, 3.05) is 19.6 Å². The van der Waals surface area contributed by atoms with Crippen LogP contribution >= 0.6 is 0 Å². The smallest absolute Gasteiger partial charge is 0.233 e. The van der Waals surface area contributed by atoms with Crippen LogP contribution in [0.4, 0.5) is 0 Å². The van der Waals surface area contributed by atoms with Crippen LogP contribution in [0.5, 0.6) is 0 Å². The Morgan fingerprint density at radius 1 is 1.18 bits per heavy atom. The van der Waals surface area contributed by atoms with Crippen LogP contribution < -0.4 is 10.0 Å². The molecule has 0 aromatic heterocycles. The van der Waals surface area contributed by atoms with E-state index >= 15 is 0 Å². The molecule has 1 fully saturated rings. The van der Waals surface area contributed by atoms with Crippen molar-refractivity contribution in [3.63, 3.8) is 0 Å². The third kappa shape index (κ3) is 7.44. The minimum atomic E-state index is -3.59. The first-order valence-corrected chi connectivity index (χ1v) is 11.1. The third-order valence-electron chi connectivity index (χ3n) is 4.56. The van der Waals surface area contributed by atoms with E-state index in [4.69, 9.17) is 0 Å². The molecule has 1 aliphatic heterocycles. The average molecular weight is 408 g/mol. The first-order chi connectivity index (χ1) is 13.3. The van der Waals surface area contributed by atoms with Crippen LogP contribution in [0.1, 0.15) is 38.7 Å². The molecule has 0 unspecified atom stereocenters. The maximum Gasteiger partial charge on any atom is 0.233 e. The van der Waals surface area contributed by atoms with Gasteiger partial charge in [0.2, 0.25) is 21.8 Å². The van der Waals surface area contributed by atoms with E-state index in [1.54, 1.807) is 12.1 Å². The lowest BCUT2D eigenvalue weighted by molar-refractivity contribution is -0.135. The molecule has 0 spiro atoms. The molecule has 7 nitrogen and oxygen atoms in total. The van der Waals surface area contributed by atoms with Gasteiger partial charge in [-0.25, -0.2) is 13.1 Å². The molecule has 2 rings (SSSR count). The number of sulfonamides is 1. The van der Waals surface area contributed by atoms with Gasteiger partial charge in [0.1, 0.15) is 0 Å². The van der Waals surface area contributed by atoms with E-state index in [0.717, 1.165) is 23.8 Å². The molecule has 0 radical (unpaired) electrons. The van der Waals surface area contributed by atoms with Gasteiger partial charge in [0.15, 0.2) is 0 Å². The Bertz CT molecular complexity index is 783. The zero-order valence-electron chi connectivity index (χ0n) is 16.4. The van der Waals surface area contributed by atoms with Gasteiger partial charge >= 0.3 is 0 Å². The van der Waals surface area contributed by atoms with Crippen molar-refractivity contribution in [2.24, 2.45) is 5.92 Å². The molecule has 0 aliphatic carbocycles. The molecule has 154 valence electrons. The number of nitrogens with one attached hydrogen (secondary N) is 2. The number of nitrogens with zero attached hydrogens (tertiary/aromatic N) is 1. The van der Waals surface area contributed by atoms with Gasteiger partial charge in [-0.1, -0.05) is 44.2 Å². The van der Waals surface area contributed by atoms with Gasteiger partial charge < -0.3 is 10.2 Å². The fraction of sp³-hybridized carbons (Fsp3) is 0.500. The first kappa shape index (κ1) is 22.1. The van der Waals surface area contributed by atoms with E-state index in [2.05, 4.69) is 10.0 Å². The number of carbonyl (C=O) groups excluding carboxylic acids is 2. The molecule has 2 N–H and O–H groups in total. The van der Waals surface area contributed by atoms with Crippen LogP contribution in [-0.2, 0) is 19.6 Å². The van der Waals surface area contributed by atoms with Crippen LogP contribution in [0.25, 0.3) is 6.08 Å². The largest absolute Gasteiger partial charge is 0.353 e. The first-order valence-electron chi connectivity index (χ1n) is 9.58. The quantitative estimate of drug-likeness (QED) is 0.686. The number of hydrogen-bond donors (Lipinski definition) is 2. The number of amides is 2. The minimum Gasteiger partial charge on any atom is -0.353 e. The average Bonchev–Trinajstić information content (AvgIpc) is 2.67. The molecule has 28 heavy (non-hydrogen) atoms. The fourth-order valence-corrected chi connectivity index (χ4v) is 3.82. The summed E-state index contributed by atoms with van der Waals surface area (Å²) in [4.78, 5) is 25.9. The second-order valence-electron chi connectivity index (χ2n) is 7.22. The molecule has 0 bridgehead atoms. The van der Waals surface area contributed by atoms with E-state index in [0.29, 0.717) is 13.1 Å². The second-order valence-corrected chi connectivity index (χ2v) is 8.88. The molecule has 8 heteroatoms. The van der Waals surface area contributed by atoms with E-state index in [1.807, 2.05) is 36.9 Å². The summed E-state index contributed by atoms with van der Waals surface area (Å²) in [6, 6.07) is 9.15. The number of hydrogen-bond acceptors (Lipinski definition) is 4. The van der Waals surface area contributed by atoms with Crippen molar-refractivity contribution >= 4 is 27.9 Å². The zero-order valence-corrected chi connectivity index (χ0v) is 17.2. The fourth-order valence-electron chi connectivity index (χ4n) is 3.00. The zero-order chi connectivity index (χ0) is 20.6. The maximum absolute atomic E-state index is 12.1. The van der Waals surface area contributed by atoms with Crippen LogP contribution in [-0.4, -0.2) is 50.8 Å². The minimum absolute atomic E-state index is 0.0184. The van der Waals surface area contributed by atoms with Crippen molar-refractivity contribution < 1.29 is 18.0 Å². The molecule has 1 heterocycles. The molecule has 2 amide bonds. The van der Waals surface area contributed by atoms with Gasteiger partial charge in [-0.15, -0.1) is 0 Å². The maximum atomic E-state index is 12.1. The predicted octanol–water partition coefficient (Wildman–Crippen LogP) is 1.73. The number of benzene rings is 1. The highest BCUT2D eigenvalue weighted by atomic mass is 32.2. The Hall–Kier alpha value is -2.19. The molecule has 0 saturated carbocycles. The van der Waals surface area contributed by atoms with Gasteiger partial charge in [-0.05, 0) is 24.5 Å². The number of carbonyl (C=O) groups is 2. The molecular weight excluding hydrogens is 378 g/mol. The van der Waals surface area contributed by atoms with Crippen LogP contribution in [0.15, 0.2) is 35.7 Å². The topological polar surface area (TPSA) is 95.6 Å². The molecule has 1 aliphatic rings. The molecule has 1 aromatic rings. The van der Waals surface area contributed by atoms with Crippen LogP contribution in [0, 0.1) is 5.92 Å². The summed E-state index contributed by atoms with van der Waals surface area (Å²) >= 11 is 0. The predicted molar refractivity (Wildman–Crippen MR) is 110 cm³/mol. The van der Waals surface area contributed by atoms with E-state index in [-0.39, 0.29) is 36.7 Å². The number of likely N-dealkylation sites (tertiary alicyclic amines) is 1. The van der Waals surface area contributed by atoms with Crippen LogP contribution in [0.3, 0.4) is 0 Å². The van der Waals surface area contributed by atoms with E-state index in [1.165, 1.54) is 6.08 Å². The molecule has 0 atom stereocenters. The molecule has 1 aromatic carbocycles. The highest BCUT2D eigenvalue weighted by molar-refractivity contribution is 7.92. The van der Waals surface area contributed by atoms with Gasteiger partial charge in [0.05, 0.1) is 0 Å². The summed E-state index contributed by atoms with van der Waals surface area (Å²) in [5.41, 5.74) is 0.785. The summed E-state index contributed by atoms with van der Waals surface area (Å²) in [6.07, 6.45) is 3.02. The van der Waals surface area contributed by atoms with E-state index in [9.17, 15) is 18.0 Å². The Kier molecular flexibility index (Phi) is 8.19. The van der Waals surface area contributed by atoms with Crippen molar-refractivity contribution in [1.29, 1.82) is 0 Å². The van der Waals surface area contributed by atoms with Gasteiger partial charge in [0, 0.05) is 43.4 Å². The summed E-state index contributed by atoms with van der Waals surface area (Å²) < 4.78 is 26.3. The lowest BCUT2D eigenvalue weighted by Gasteiger charge is -2.33. The molecular formula is C20H29N3O4S. The highest BCUT2D eigenvalue weighted by Gasteiger charge is 2.25. The van der Waals surface area contributed by atoms with Gasteiger partial charge in [-0.2, -0.15) is 0 Å². The standard InChI is InChI=1S/C20H29N3O4S/c1-16(2)20(25)23-13-9-18(10-14-23)22-19(24)8-12-21-28(26,27)15-11-17-6-4-3-5-7-17/h3-7,11,15-16,18,21H,8-10,12-14H2,1-2H3,(H,22,24)/b15-11+. The Labute approximate surface area is 167 Å². The highest BCUT2D eigenvalue weighted by Crippen LogP contribution is 2.13. The number of rotatable bonds is 8. The lowest BCUT2D eigenvalue weighted by atomic mass is 10.0. The summed E-state index contributed by atoms with van der Waals surface area (Å²) in [6.45, 7) is 5.08. The van der Waals surface area contributed by atoms with E-state index < -0.39 is 10.0 Å². The SMILES string of the molecule is CC(C)C(=O)N1CCC(NC(=O)CCNS(=O)(=O)/C=C/c2ccccc2)CC1. The summed E-state index contributed by atoms with van der Waals surface area (Å²) in [5.74, 6) is -0.0683. The van der Waals surface area contributed by atoms with Crippen LogP contribution in [0.2, 0.25) is 0 Å². The summed E-state index contributed by atoms with van der Waals surface area (Å²) in [7, 11) is -3.59. The van der Waals surface area contributed by atoms with Gasteiger partial charge in [-0.3, -0.25) is 9.59 Å². The summed E-state index contributed by atoms with van der Waals surface area (Å²) in [5, 5.41) is 4.02. The Morgan fingerprint density at radius 2 is 1.82 bits per heavy atom. The Balaban J connectivity index is 1.69. The Morgan fingerprint density at radius 3 is 2.43 bits per heavy atom. The molecule has 1 saturated heterocycles.